The number of nitrogens with zero attached hydrogens (tertiary/aromatic N) is 5. The minimum absolute atomic E-state index is 0.421. The van der Waals surface area contributed by atoms with Gasteiger partial charge in [-0.05, 0) is 44.4 Å². The highest BCUT2D eigenvalue weighted by molar-refractivity contribution is 5.76. The van der Waals surface area contributed by atoms with E-state index in [-0.39, 0.29) is 0 Å². The molecule has 1 fully saturated rings. The molecule has 28 heavy (non-hydrogen) atoms. The first-order valence-corrected chi connectivity index (χ1v) is 10.2. The molecule has 0 amide bonds. The van der Waals surface area contributed by atoms with Crippen molar-refractivity contribution in [2.24, 2.45) is 0 Å². The Labute approximate surface area is 165 Å². The van der Waals surface area contributed by atoms with E-state index in [1.54, 1.807) is 0 Å². The van der Waals surface area contributed by atoms with Gasteiger partial charge in [0.15, 0.2) is 0 Å². The first kappa shape index (κ1) is 18.4. The summed E-state index contributed by atoms with van der Waals surface area (Å²) in [6, 6.07) is 10.9. The van der Waals surface area contributed by atoms with Crippen molar-refractivity contribution in [3.8, 4) is 6.07 Å². The number of nitriles is 1. The summed E-state index contributed by atoms with van der Waals surface area (Å²) in [5, 5.41) is 13.5. The highest BCUT2D eigenvalue weighted by atomic mass is 15.1. The number of imidazole rings is 1. The molecule has 4 rings (SSSR count). The second-order valence-electron chi connectivity index (χ2n) is 7.51. The molecule has 2 aromatic heterocycles. The van der Waals surface area contributed by atoms with Crippen molar-refractivity contribution >= 4 is 17.0 Å². The minimum atomic E-state index is -0.526. The van der Waals surface area contributed by atoms with Crippen LogP contribution in [0, 0.1) is 18.3 Å². The number of nitrogens with one attached hydrogen (secondary N) is 1. The van der Waals surface area contributed by atoms with Crippen molar-refractivity contribution < 1.29 is 0 Å². The lowest BCUT2D eigenvalue weighted by Crippen LogP contribution is -2.24. The topological polar surface area (TPSA) is 79.4 Å². The van der Waals surface area contributed by atoms with Gasteiger partial charge in [-0.1, -0.05) is 31.4 Å². The van der Waals surface area contributed by atoms with Crippen LogP contribution in [0.1, 0.15) is 62.0 Å². The van der Waals surface area contributed by atoms with Crippen LogP contribution < -0.4 is 5.32 Å². The molecule has 1 N–H and O–H groups in total. The number of rotatable bonds is 5. The molecule has 2 heterocycles. The smallest absolute Gasteiger partial charge is 0.223 e. The summed E-state index contributed by atoms with van der Waals surface area (Å²) in [6.07, 6.45) is 7.92. The van der Waals surface area contributed by atoms with E-state index in [1.165, 1.54) is 19.3 Å². The van der Waals surface area contributed by atoms with Crippen LogP contribution in [-0.2, 0) is 6.54 Å². The molecule has 144 valence electrons. The first-order valence-electron chi connectivity index (χ1n) is 10.2. The Morgan fingerprint density at radius 1 is 1.21 bits per heavy atom. The van der Waals surface area contributed by atoms with E-state index in [1.807, 2.05) is 37.4 Å². The molecular weight excluding hydrogens is 348 g/mol. The maximum atomic E-state index is 10.0. The number of fused-ring (bicyclic) bond motifs is 1. The molecule has 0 bridgehead atoms. The molecule has 3 aromatic rings. The molecule has 0 spiro atoms. The van der Waals surface area contributed by atoms with Crippen molar-refractivity contribution in [2.45, 2.75) is 64.5 Å². The van der Waals surface area contributed by atoms with Gasteiger partial charge in [0, 0.05) is 18.8 Å². The molecule has 1 aliphatic rings. The summed E-state index contributed by atoms with van der Waals surface area (Å²) in [7, 11) is 0. The number of aryl methyl sites for hydroxylation is 2. The van der Waals surface area contributed by atoms with Crippen LogP contribution in [0.25, 0.3) is 11.0 Å². The van der Waals surface area contributed by atoms with Crippen LogP contribution >= 0.6 is 0 Å². The predicted octanol–water partition coefficient (Wildman–Crippen LogP) is 4.55. The first-order chi connectivity index (χ1) is 13.7. The number of aromatic nitrogens is 4. The summed E-state index contributed by atoms with van der Waals surface area (Å²) in [5.74, 6) is 0.839. The van der Waals surface area contributed by atoms with E-state index in [0.717, 1.165) is 47.5 Å². The summed E-state index contributed by atoms with van der Waals surface area (Å²) in [6.45, 7) is 4.79. The summed E-state index contributed by atoms with van der Waals surface area (Å²) in [4.78, 5) is 14.0. The van der Waals surface area contributed by atoms with E-state index < -0.39 is 5.92 Å². The second kappa shape index (κ2) is 7.97. The van der Waals surface area contributed by atoms with Crippen molar-refractivity contribution in [1.82, 2.24) is 19.5 Å². The summed E-state index contributed by atoms with van der Waals surface area (Å²) in [5.41, 5.74) is 3.61. The van der Waals surface area contributed by atoms with Gasteiger partial charge in [-0.15, -0.1) is 0 Å². The third kappa shape index (κ3) is 3.45. The zero-order valence-electron chi connectivity index (χ0n) is 16.5. The number of hydrogen-bond acceptors (Lipinski definition) is 5. The minimum Gasteiger partial charge on any atom is -0.351 e. The number of benzene rings is 1. The number of hydrogen-bond donors (Lipinski definition) is 1. The quantitative estimate of drug-likeness (QED) is 0.708. The third-order valence-electron chi connectivity index (χ3n) is 5.61. The average molecular weight is 374 g/mol. The maximum absolute atomic E-state index is 10.0. The van der Waals surface area contributed by atoms with Gasteiger partial charge in [0.2, 0.25) is 5.95 Å². The Hall–Kier alpha value is -2.94. The fourth-order valence-corrected chi connectivity index (χ4v) is 4.13. The fourth-order valence-electron chi connectivity index (χ4n) is 4.13. The van der Waals surface area contributed by atoms with Gasteiger partial charge in [0.25, 0.3) is 0 Å². The highest BCUT2D eigenvalue weighted by Crippen LogP contribution is 2.29. The second-order valence-corrected chi connectivity index (χ2v) is 7.51. The summed E-state index contributed by atoms with van der Waals surface area (Å²) < 4.78 is 2.11. The van der Waals surface area contributed by atoms with E-state index in [0.29, 0.717) is 12.0 Å². The molecule has 6 nitrogen and oxygen atoms in total. The van der Waals surface area contributed by atoms with Crippen molar-refractivity contribution in [1.29, 1.82) is 5.26 Å². The van der Waals surface area contributed by atoms with Crippen molar-refractivity contribution in [3.05, 3.63) is 47.5 Å². The van der Waals surface area contributed by atoms with Crippen LogP contribution in [0.3, 0.4) is 0 Å². The Kier molecular flexibility index (Phi) is 5.25. The average Bonchev–Trinajstić information content (AvgIpc) is 3.10. The van der Waals surface area contributed by atoms with E-state index >= 15 is 0 Å². The largest absolute Gasteiger partial charge is 0.351 e. The molecule has 0 saturated heterocycles. The molecular formula is C22H26N6. The SMILES string of the molecule is CCn1c(C(C#N)c2nc(NC3CCCCC3)ncc2C)nc2ccccc21. The predicted molar refractivity (Wildman–Crippen MR) is 110 cm³/mol. The van der Waals surface area contributed by atoms with Crippen LogP contribution in [0.4, 0.5) is 5.95 Å². The zero-order chi connectivity index (χ0) is 19.5. The van der Waals surface area contributed by atoms with Crippen LogP contribution in [0.5, 0.6) is 0 Å². The molecule has 0 radical (unpaired) electrons. The van der Waals surface area contributed by atoms with Gasteiger partial charge in [-0.2, -0.15) is 5.26 Å². The molecule has 1 saturated carbocycles. The maximum Gasteiger partial charge on any atom is 0.223 e. The van der Waals surface area contributed by atoms with Gasteiger partial charge >= 0.3 is 0 Å². The molecule has 1 aliphatic carbocycles. The van der Waals surface area contributed by atoms with E-state index in [2.05, 4.69) is 27.9 Å². The lowest BCUT2D eigenvalue weighted by Gasteiger charge is -2.23. The third-order valence-corrected chi connectivity index (χ3v) is 5.61. The highest BCUT2D eigenvalue weighted by Gasteiger charge is 2.25. The fraction of sp³-hybridized carbons (Fsp3) is 0.455. The van der Waals surface area contributed by atoms with E-state index in [4.69, 9.17) is 9.97 Å². The summed E-state index contributed by atoms with van der Waals surface area (Å²) >= 11 is 0. The molecule has 1 unspecified atom stereocenters. The standard InChI is InChI=1S/C22H26N6/c1-3-28-19-12-8-7-11-18(19)26-21(28)17(13-23)20-15(2)14-24-22(27-20)25-16-9-5-4-6-10-16/h7-8,11-12,14,16-17H,3-6,9-10H2,1-2H3,(H,24,25,27). The van der Waals surface area contributed by atoms with Crippen LogP contribution in [0.2, 0.25) is 0 Å². The number of anilines is 1. The van der Waals surface area contributed by atoms with Crippen molar-refractivity contribution in [2.75, 3.05) is 5.32 Å². The monoisotopic (exact) mass is 374 g/mol. The lowest BCUT2D eigenvalue weighted by atomic mass is 9.96. The molecule has 6 heteroatoms. The van der Waals surface area contributed by atoms with E-state index in [9.17, 15) is 5.26 Å². The zero-order valence-corrected chi connectivity index (χ0v) is 16.5. The molecule has 1 atom stereocenters. The van der Waals surface area contributed by atoms with Gasteiger partial charge < -0.3 is 9.88 Å². The molecule has 1 aromatic carbocycles. The lowest BCUT2D eigenvalue weighted by molar-refractivity contribution is 0.460. The Morgan fingerprint density at radius 2 is 2.00 bits per heavy atom. The molecule has 0 aliphatic heterocycles. The van der Waals surface area contributed by atoms with Gasteiger partial charge in [-0.25, -0.2) is 15.0 Å². The Balaban J connectivity index is 1.72. The van der Waals surface area contributed by atoms with Crippen LogP contribution in [-0.4, -0.2) is 25.6 Å². The number of para-hydroxylation sites is 2. The van der Waals surface area contributed by atoms with Gasteiger partial charge in [0.05, 0.1) is 22.8 Å². The van der Waals surface area contributed by atoms with Crippen LogP contribution in [0.15, 0.2) is 30.5 Å². The van der Waals surface area contributed by atoms with Gasteiger partial charge in [-0.3, -0.25) is 0 Å². The van der Waals surface area contributed by atoms with Gasteiger partial charge in [0.1, 0.15) is 11.7 Å². The Bertz CT molecular complexity index is 1010. The van der Waals surface area contributed by atoms with Crippen molar-refractivity contribution in [3.63, 3.8) is 0 Å². The normalized spacial score (nSPS) is 16.0. The Morgan fingerprint density at radius 3 is 2.75 bits per heavy atom.